The van der Waals surface area contributed by atoms with E-state index in [0.29, 0.717) is 22.6 Å². The summed E-state index contributed by atoms with van der Waals surface area (Å²) in [4.78, 5) is 12.3. The van der Waals surface area contributed by atoms with Gasteiger partial charge >= 0.3 is 5.19 Å². The Morgan fingerprint density at radius 1 is 0.938 bits per heavy atom. The predicted molar refractivity (Wildman–Crippen MR) is 118 cm³/mol. The first-order chi connectivity index (χ1) is 15.4. The van der Waals surface area contributed by atoms with Crippen molar-refractivity contribution in [2.45, 2.75) is 10.1 Å². The summed E-state index contributed by atoms with van der Waals surface area (Å²) >= 11 is 0.841. The SMILES string of the molecule is O=C(Nc1ccc(F)cc1)c1ccc(CS(=O)(=O)c2nnc(Oc3ccccc3)s2)cc1. The molecule has 1 amide bonds. The molecule has 10 heteroatoms. The van der Waals surface area contributed by atoms with Gasteiger partial charge < -0.3 is 10.1 Å². The maximum Gasteiger partial charge on any atom is 0.300 e. The number of nitrogens with one attached hydrogen (secondary N) is 1. The first kappa shape index (κ1) is 21.6. The molecule has 0 unspecified atom stereocenters. The highest BCUT2D eigenvalue weighted by Gasteiger charge is 2.22. The minimum atomic E-state index is -3.74. The number of halogens is 1. The normalized spacial score (nSPS) is 11.2. The van der Waals surface area contributed by atoms with Gasteiger partial charge in [-0.2, -0.15) is 0 Å². The Morgan fingerprint density at radius 2 is 1.62 bits per heavy atom. The van der Waals surface area contributed by atoms with E-state index in [1.54, 1.807) is 36.4 Å². The molecule has 0 saturated heterocycles. The third kappa shape index (κ3) is 5.34. The van der Waals surface area contributed by atoms with E-state index in [9.17, 15) is 17.6 Å². The highest BCUT2D eigenvalue weighted by Crippen LogP contribution is 2.28. The first-order valence-electron chi connectivity index (χ1n) is 9.34. The average molecular weight is 470 g/mol. The van der Waals surface area contributed by atoms with Crippen LogP contribution in [-0.4, -0.2) is 24.5 Å². The van der Waals surface area contributed by atoms with Crippen LogP contribution in [0, 0.1) is 5.82 Å². The van der Waals surface area contributed by atoms with Gasteiger partial charge in [0.1, 0.15) is 11.6 Å². The van der Waals surface area contributed by atoms with Gasteiger partial charge in [-0.1, -0.05) is 35.4 Å². The fourth-order valence-corrected chi connectivity index (χ4v) is 4.99. The van der Waals surface area contributed by atoms with E-state index < -0.39 is 21.6 Å². The number of para-hydroxylation sites is 1. The van der Waals surface area contributed by atoms with Crippen molar-refractivity contribution in [3.05, 3.63) is 95.8 Å². The predicted octanol–water partition coefficient (Wildman–Crippen LogP) is 4.70. The summed E-state index contributed by atoms with van der Waals surface area (Å²) in [6.07, 6.45) is 0. The number of carbonyl (C=O) groups excluding carboxylic acids is 1. The van der Waals surface area contributed by atoms with Crippen LogP contribution < -0.4 is 10.1 Å². The molecule has 0 fully saturated rings. The minimum Gasteiger partial charge on any atom is -0.430 e. The molecular weight excluding hydrogens is 453 g/mol. The van der Waals surface area contributed by atoms with Gasteiger partial charge in [0.05, 0.1) is 5.75 Å². The molecule has 0 spiro atoms. The van der Waals surface area contributed by atoms with Crippen molar-refractivity contribution >= 4 is 32.8 Å². The number of anilines is 1. The third-order valence-corrected chi connectivity index (χ3v) is 7.21. The third-order valence-electron chi connectivity index (χ3n) is 4.28. The summed E-state index contributed by atoms with van der Waals surface area (Å²) < 4.78 is 43.7. The molecule has 0 atom stereocenters. The van der Waals surface area contributed by atoms with Crippen molar-refractivity contribution in [1.29, 1.82) is 0 Å². The summed E-state index contributed by atoms with van der Waals surface area (Å²) in [6, 6.07) is 20.4. The van der Waals surface area contributed by atoms with Gasteiger partial charge in [-0.25, -0.2) is 12.8 Å². The Morgan fingerprint density at radius 3 is 2.31 bits per heavy atom. The van der Waals surface area contributed by atoms with Gasteiger partial charge in [-0.3, -0.25) is 4.79 Å². The number of sulfone groups is 1. The highest BCUT2D eigenvalue weighted by atomic mass is 32.2. The van der Waals surface area contributed by atoms with E-state index in [0.717, 1.165) is 11.3 Å². The second-order valence-electron chi connectivity index (χ2n) is 6.67. The average Bonchev–Trinajstić information content (AvgIpc) is 3.26. The fraction of sp³-hybridized carbons (Fsp3) is 0.0455. The van der Waals surface area contributed by atoms with Gasteiger partial charge in [0.15, 0.2) is 0 Å². The van der Waals surface area contributed by atoms with Crippen molar-refractivity contribution < 1.29 is 22.3 Å². The van der Waals surface area contributed by atoms with Crippen molar-refractivity contribution in [3.63, 3.8) is 0 Å². The van der Waals surface area contributed by atoms with Crippen LogP contribution in [0.3, 0.4) is 0 Å². The lowest BCUT2D eigenvalue weighted by Gasteiger charge is -2.06. The van der Waals surface area contributed by atoms with Crippen molar-refractivity contribution in [2.24, 2.45) is 0 Å². The zero-order chi connectivity index (χ0) is 22.6. The van der Waals surface area contributed by atoms with Crippen LogP contribution in [0.2, 0.25) is 0 Å². The number of rotatable bonds is 7. The number of carbonyl (C=O) groups is 1. The van der Waals surface area contributed by atoms with E-state index in [1.807, 2.05) is 6.07 Å². The van der Waals surface area contributed by atoms with Gasteiger partial charge in [0.2, 0.25) is 14.2 Å². The molecule has 1 heterocycles. The number of aromatic nitrogens is 2. The summed E-state index contributed by atoms with van der Waals surface area (Å²) in [5.74, 6) is -0.560. The van der Waals surface area contributed by atoms with E-state index >= 15 is 0 Å². The molecule has 1 aromatic heterocycles. The summed E-state index contributed by atoms with van der Waals surface area (Å²) in [5, 5.41) is 10.3. The Labute approximate surface area is 187 Å². The van der Waals surface area contributed by atoms with Crippen LogP contribution in [0.15, 0.2) is 83.2 Å². The second kappa shape index (κ2) is 9.25. The van der Waals surface area contributed by atoms with Crippen molar-refractivity contribution in [2.75, 3.05) is 5.32 Å². The molecule has 32 heavy (non-hydrogen) atoms. The summed E-state index contributed by atoms with van der Waals surface area (Å²) in [5.41, 5.74) is 1.28. The standard InChI is InChI=1S/C22H16FN3O4S2/c23-17-10-12-18(13-11-17)24-20(27)16-8-6-15(7-9-16)14-32(28,29)22-26-25-21(31-22)30-19-4-2-1-3-5-19/h1-13H,14H2,(H,24,27). The molecule has 0 bridgehead atoms. The lowest BCUT2D eigenvalue weighted by molar-refractivity contribution is 0.102. The van der Waals surface area contributed by atoms with Crippen LogP contribution in [0.4, 0.5) is 10.1 Å². The maximum absolute atomic E-state index is 13.0. The lowest BCUT2D eigenvalue weighted by atomic mass is 10.1. The molecule has 0 aliphatic carbocycles. The number of hydrogen-bond donors (Lipinski definition) is 1. The molecule has 4 rings (SSSR count). The van der Waals surface area contributed by atoms with Gasteiger partial charge in [-0.05, 0) is 65.4 Å². The molecule has 0 aliphatic rings. The Kier molecular flexibility index (Phi) is 6.24. The number of amides is 1. The smallest absolute Gasteiger partial charge is 0.300 e. The van der Waals surface area contributed by atoms with E-state index in [-0.39, 0.29) is 15.3 Å². The Balaban J connectivity index is 1.41. The number of ether oxygens (including phenoxy) is 1. The van der Waals surface area contributed by atoms with Crippen LogP contribution >= 0.6 is 11.3 Å². The van der Waals surface area contributed by atoms with Gasteiger partial charge in [-0.15, -0.1) is 5.10 Å². The molecule has 0 radical (unpaired) electrons. The maximum atomic E-state index is 13.0. The van der Waals surface area contributed by atoms with Crippen molar-refractivity contribution in [3.8, 4) is 10.9 Å². The first-order valence-corrected chi connectivity index (χ1v) is 11.8. The van der Waals surface area contributed by atoms with E-state index in [4.69, 9.17) is 4.74 Å². The second-order valence-corrected chi connectivity index (χ2v) is 9.77. The summed E-state index contributed by atoms with van der Waals surface area (Å²) in [7, 11) is -3.74. The Hall–Kier alpha value is -3.63. The molecule has 3 aromatic carbocycles. The van der Waals surface area contributed by atoms with Crippen LogP contribution in [0.1, 0.15) is 15.9 Å². The number of benzene rings is 3. The quantitative estimate of drug-likeness (QED) is 0.421. The lowest BCUT2D eigenvalue weighted by Crippen LogP contribution is -2.12. The monoisotopic (exact) mass is 469 g/mol. The molecule has 7 nitrogen and oxygen atoms in total. The summed E-state index contributed by atoms with van der Waals surface area (Å²) in [6.45, 7) is 0. The zero-order valence-electron chi connectivity index (χ0n) is 16.4. The molecule has 0 saturated carbocycles. The van der Waals surface area contributed by atoms with Gasteiger partial charge in [0, 0.05) is 11.3 Å². The molecule has 4 aromatic rings. The topological polar surface area (TPSA) is 98.2 Å². The van der Waals surface area contributed by atoms with Gasteiger partial charge in [0.25, 0.3) is 5.91 Å². The van der Waals surface area contributed by atoms with Crippen LogP contribution in [0.25, 0.3) is 0 Å². The number of nitrogens with zero attached hydrogens (tertiary/aromatic N) is 2. The largest absolute Gasteiger partial charge is 0.430 e. The molecule has 0 aliphatic heterocycles. The highest BCUT2D eigenvalue weighted by molar-refractivity contribution is 7.92. The van der Waals surface area contributed by atoms with Crippen LogP contribution in [0.5, 0.6) is 10.9 Å². The fourth-order valence-electron chi connectivity index (χ4n) is 2.72. The minimum absolute atomic E-state index is 0.127. The number of hydrogen-bond acceptors (Lipinski definition) is 7. The molecular formula is C22H16FN3O4S2. The zero-order valence-corrected chi connectivity index (χ0v) is 18.1. The Bertz CT molecular complexity index is 1320. The van der Waals surface area contributed by atoms with Crippen LogP contribution in [-0.2, 0) is 15.6 Å². The molecule has 162 valence electrons. The molecule has 1 N–H and O–H groups in total. The van der Waals surface area contributed by atoms with E-state index in [1.165, 1.54) is 36.4 Å². The van der Waals surface area contributed by atoms with E-state index in [2.05, 4.69) is 15.5 Å². The van der Waals surface area contributed by atoms with Crippen molar-refractivity contribution in [1.82, 2.24) is 10.2 Å².